The lowest BCUT2D eigenvalue weighted by atomic mass is 9.89. The second-order valence-electron chi connectivity index (χ2n) is 5.58. The number of rotatable bonds is 4. The minimum Gasteiger partial charge on any atom is -0.483 e. The van der Waals surface area contributed by atoms with Gasteiger partial charge in [-0.3, -0.25) is 4.79 Å². The summed E-state index contributed by atoms with van der Waals surface area (Å²) in [5.41, 5.74) is 2.37. The Morgan fingerprint density at radius 2 is 2.04 bits per heavy atom. The molecule has 0 radical (unpaired) electrons. The van der Waals surface area contributed by atoms with Crippen molar-refractivity contribution >= 4 is 11.6 Å². The Hall–Kier alpha value is -2.40. The average molecular weight is 315 g/mol. The van der Waals surface area contributed by atoms with Crippen LogP contribution < -0.4 is 10.1 Å². The monoisotopic (exact) mass is 315 g/mol. The Labute approximate surface area is 133 Å². The average Bonchev–Trinajstić information content (AvgIpc) is 2.55. The normalized spacial score (nSPS) is 16.5. The van der Waals surface area contributed by atoms with Gasteiger partial charge in [0.15, 0.2) is 6.61 Å². The van der Waals surface area contributed by atoms with Crippen molar-refractivity contribution in [3.05, 3.63) is 59.4 Å². The van der Waals surface area contributed by atoms with Crippen LogP contribution in [-0.2, 0) is 11.2 Å². The van der Waals surface area contributed by atoms with E-state index in [1.54, 1.807) is 0 Å². The SMILES string of the molecule is O=C(COc1cccc2c1CCC[C@@H]2O)Nc1ccc(F)cc1. The van der Waals surface area contributed by atoms with E-state index in [1.807, 2.05) is 18.2 Å². The number of aliphatic hydroxyl groups excluding tert-OH is 1. The highest BCUT2D eigenvalue weighted by atomic mass is 19.1. The second kappa shape index (κ2) is 6.79. The molecule has 2 aromatic carbocycles. The van der Waals surface area contributed by atoms with E-state index in [2.05, 4.69) is 5.32 Å². The number of carbonyl (C=O) groups is 1. The molecular weight excluding hydrogens is 297 g/mol. The standard InChI is InChI=1S/C18H18FNO3/c19-12-7-9-13(10-8-12)20-18(22)11-23-17-6-2-3-14-15(17)4-1-5-16(14)21/h2-3,6-10,16,21H,1,4-5,11H2,(H,20,22)/t16-/m0/s1. The van der Waals surface area contributed by atoms with Crippen molar-refractivity contribution in [3.63, 3.8) is 0 Å². The molecule has 0 saturated heterocycles. The molecule has 4 nitrogen and oxygen atoms in total. The van der Waals surface area contributed by atoms with Gasteiger partial charge in [-0.05, 0) is 60.7 Å². The van der Waals surface area contributed by atoms with Gasteiger partial charge in [0.1, 0.15) is 11.6 Å². The van der Waals surface area contributed by atoms with Crippen LogP contribution in [0.15, 0.2) is 42.5 Å². The quantitative estimate of drug-likeness (QED) is 0.911. The fraction of sp³-hybridized carbons (Fsp3) is 0.278. The molecule has 1 atom stereocenters. The van der Waals surface area contributed by atoms with Gasteiger partial charge in [0.2, 0.25) is 0 Å². The number of hydrogen-bond donors (Lipinski definition) is 2. The predicted molar refractivity (Wildman–Crippen MR) is 84.9 cm³/mol. The van der Waals surface area contributed by atoms with E-state index in [-0.39, 0.29) is 18.3 Å². The van der Waals surface area contributed by atoms with Crippen molar-refractivity contribution in [3.8, 4) is 5.75 Å². The van der Waals surface area contributed by atoms with Gasteiger partial charge in [-0.25, -0.2) is 4.39 Å². The molecule has 3 rings (SSSR count). The van der Waals surface area contributed by atoms with Gasteiger partial charge < -0.3 is 15.2 Å². The summed E-state index contributed by atoms with van der Waals surface area (Å²) in [5.74, 6) is -0.0326. The number of hydrogen-bond acceptors (Lipinski definition) is 3. The van der Waals surface area contributed by atoms with Crippen LogP contribution in [0.4, 0.5) is 10.1 Å². The summed E-state index contributed by atoms with van der Waals surface area (Å²) in [7, 11) is 0. The number of benzene rings is 2. The van der Waals surface area contributed by atoms with Gasteiger partial charge in [0.25, 0.3) is 5.91 Å². The van der Waals surface area contributed by atoms with E-state index in [0.29, 0.717) is 11.4 Å². The highest BCUT2D eigenvalue weighted by molar-refractivity contribution is 5.91. The van der Waals surface area contributed by atoms with Crippen LogP contribution in [0, 0.1) is 5.82 Å². The molecule has 0 aromatic heterocycles. The first kappa shape index (κ1) is 15.5. The summed E-state index contributed by atoms with van der Waals surface area (Å²) < 4.78 is 18.4. The van der Waals surface area contributed by atoms with Crippen molar-refractivity contribution in [2.45, 2.75) is 25.4 Å². The van der Waals surface area contributed by atoms with Gasteiger partial charge in [0.05, 0.1) is 6.10 Å². The third kappa shape index (κ3) is 3.68. The molecule has 2 aromatic rings. The van der Waals surface area contributed by atoms with Gasteiger partial charge >= 0.3 is 0 Å². The summed E-state index contributed by atoms with van der Waals surface area (Å²) in [6.07, 6.45) is 2.02. The number of anilines is 1. The lowest BCUT2D eigenvalue weighted by Gasteiger charge is -2.23. The van der Waals surface area contributed by atoms with Crippen molar-refractivity contribution in [1.82, 2.24) is 0 Å². The molecule has 1 amide bonds. The molecule has 120 valence electrons. The highest BCUT2D eigenvalue weighted by Crippen LogP contribution is 2.35. The number of aliphatic hydroxyl groups is 1. The first-order valence-electron chi connectivity index (χ1n) is 7.61. The summed E-state index contributed by atoms with van der Waals surface area (Å²) in [6.45, 7) is -0.135. The third-order valence-corrected chi connectivity index (χ3v) is 3.92. The van der Waals surface area contributed by atoms with Gasteiger partial charge in [0, 0.05) is 5.69 Å². The molecule has 0 unspecified atom stereocenters. The zero-order chi connectivity index (χ0) is 16.2. The van der Waals surface area contributed by atoms with E-state index in [1.165, 1.54) is 24.3 Å². The Morgan fingerprint density at radius 3 is 2.83 bits per heavy atom. The minimum absolute atomic E-state index is 0.135. The molecule has 0 saturated carbocycles. The molecule has 0 aliphatic heterocycles. The number of carbonyl (C=O) groups excluding carboxylic acids is 1. The number of fused-ring (bicyclic) bond motifs is 1. The zero-order valence-electron chi connectivity index (χ0n) is 12.6. The lowest BCUT2D eigenvalue weighted by molar-refractivity contribution is -0.118. The van der Waals surface area contributed by atoms with E-state index in [9.17, 15) is 14.3 Å². The Bertz CT molecular complexity index is 700. The van der Waals surface area contributed by atoms with Crippen molar-refractivity contribution in [1.29, 1.82) is 0 Å². The third-order valence-electron chi connectivity index (χ3n) is 3.92. The van der Waals surface area contributed by atoms with Crippen LogP contribution in [0.1, 0.15) is 30.1 Å². The minimum atomic E-state index is -0.463. The fourth-order valence-corrected chi connectivity index (χ4v) is 2.80. The largest absolute Gasteiger partial charge is 0.483 e. The van der Waals surface area contributed by atoms with E-state index in [4.69, 9.17) is 4.74 Å². The van der Waals surface area contributed by atoms with Crippen LogP contribution in [0.3, 0.4) is 0 Å². The van der Waals surface area contributed by atoms with Crippen LogP contribution in [0.2, 0.25) is 0 Å². The molecule has 1 aliphatic rings. The molecule has 5 heteroatoms. The maximum Gasteiger partial charge on any atom is 0.262 e. The van der Waals surface area contributed by atoms with Crippen LogP contribution in [-0.4, -0.2) is 17.6 Å². The van der Waals surface area contributed by atoms with E-state index >= 15 is 0 Å². The molecule has 2 N–H and O–H groups in total. The topological polar surface area (TPSA) is 58.6 Å². The molecule has 0 spiro atoms. The van der Waals surface area contributed by atoms with Crippen molar-refractivity contribution in [2.75, 3.05) is 11.9 Å². The number of ether oxygens (including phenoxy) is 1. The molecule has 0 bridgehead atoms. The smallest absolute Gasteiger partial charge is 0.262 e. The number of nitrogens with one attached hydrogen (secondary N) is 1. The van der Waals surface area contributed by atoms with Crippen LogP contribution in [0.25, 0.3) is 0 Å². The molecule has 0 fully saturated rings. The van der Waals surface area contributed by atoms with Crippen LogP contribution >= 0.6 is 0 Å². The Balaban J connectivity index is 1.63. The Kier molecular flexibility index (Phi) is 4.57. The first-order chi connectivity index (χ1) is 11.1. The summed E-state index contributed by atoms with van der Waals surface area (Å²) in [5, 5.41) is 12.7. The molecule has 23 heavy (non-hydrogen) atoms. The predicted octanol–water partition coefficient (Wildman–Crippen LogP) is 3.21. The van der Waals surface area contributed by atoms with Gasteiger partial charge in [-0.1, -0.05) is 12.1 Å². The second-order valence-corrected chi connectivity index (χ2v) is 5.58. The maximum atomic E-state index is 12.8. The Morgan fingerprint density at radius 1 is 1.26 bits per heavy atom. The van der Waals surface area contributed by atoms with Crippen molar-refractivity contribution in [2.24, 2.45) is 0 Å². The summed E-state index contributed by atoms with van der Waals surface area (Å²) >= 11 is 0. The first-order valence-corrected chi connectivity index (χ1v) is 7.61. The lowest BCUT2D eigenvalue weighted by Crippen LogP contribution is -2.21. The molecular formula is C18H18FNO3. The maximum absolute atomic E-state index is 12.8. The van der Waals surface area contributed by atoms with Gasteiger partial charge in [-0.15, -0.1) is 0 Å². The summed E-state index contributed by atoms with van der Waals surface area (Å²) in [4.78, 5) is 11.9. The van der Waals surface area contributed by atoms with E-state index in [0.717, 1.165) is 30.4 Å². The molecule has 0 heterocycles. The fourth-order valence-electron chi connectivity index (χ4n) is 2.80. The van der Waals surface area contributed by atoms with E-state index < -0.39 is 6.10 Å². The molecule has 1 aliphatic carbocycles. The zero-order valence-corrected chi connectivity index (χ0v) is 12.6. The summed E-state index contributed by atoms with van der Waals surface area (Å²) in [6, 6.07) is 11.1. The number of amides is 1. The highest BCUT2D eigenvalue weighted by Gasteiger charge is 2.21. The number of halogens is 1. The van der Waals surface area contributed by atoms with Crippen molar-refractivity contribution < 1.29 is 19.0 Å². The van der Waals surface area contributed by atoms with Crippen LogP contribution in [0.5, 0.6) is 5.75 Å². The van der Waals surface area contributed by atoms with Gasteiger partial charge in [-0.2, -0.15) is 0 Å².